The second-order valence-electron chi connectivity index (χ2n) is 10.4. The van der Waals surface area contributed by atoms with E-state index >= 15 is 0 Å². The Labute approximate surface area is 266 Å². The first-order valence-corrected chi connectivity index (χ1v) is 14.7. The number of pyridine rings is 4. The first-order valence-electron chi connectivity index (χ1n) is 14.7. The van der Waals surface area contributed by atoms with Gasteiger partial charge in [0.1, 0.15) is 17.8 Å². The molecule has 0 atom stereocenters. The van der Waals surface area contributed by atoms with Crippen molar-refractivity contribution in [1.29, 1.82) is 0 Å². The van der Waals surface area contributed by atoms with Crippen molar-refractivity contribution in [3.05, 3.63) is 134 Å². The quantitative estimate of drug-likeness (QED) is 0.173. The van der Waals surface area contributed by atoms with Crippen molar-refractivity contribution >= 4 is 0 Å². The summed E-state index contributed by atoms with van der Waals surface area (Å²) in [5, 5.41) is 0. The Morgan fingerprint density at radius 1 is 0.348 bits per heavy atom. The smallest absolute Gasteiger partial charge is 0.118 e. The first-order chi connectivity index (χ1) is 22.7. The van der Waals surface area contributed by atoms with E-state index in [1.54, 1.807) is 20.5 Å². The molecule has 0 aliphatic heterocycles. The highest BCUT2D eigenvalue weighted by Gasteiger charge is 2.12. The standard InChI is InChI=1S/C38H28N6O2/c1-45-27-19-15-25(16-20-27)29-7-3-9-31(41-29)33-11-5-13-35(43-33)37-23-38(40-24-39-37)36-14-6-12-34(44-36)32-10-4-8-30(42-32)26-17-21-28(46-2)22-18-26/h3-24H,1-2H3. The lowest BCUT2D eigenvalue weighted by Crippen LogP contribution is -1.96. The molecule has 8 nitrogen and oxygen atoms in total. The molecule has 0 amide bonds. The fourth-order valence-corrected chi connectivity index (χ4v) is 5.08. The number of aromatic nitrogens is 6. The molecule has 0 saturated carbocycles. The number of benzene rings is 2. The minimum Gasteiger partial charge on any atom is -0.497 e. The van der Waals surface area contributed by atoms with Crippen molar-refractivity contribution in [1.82, 2.24) is 29.9 Å². The molecule has 7 rings (SSSR count). The number of rotatable bonds is 8. The van der Waals surface area contributed by atoms with Gasteiger partial charge in [0.05, 0.1) is 71.2 Å². The summed E-state index contributed by atoms with van der Waals surface area (Å²) in [4.78, 5) is 28.7. The second kappa shape index (κ2) is 12.8. The molecule has 0 saturated heterocycles. The Bertz CT molecular complexity index is 1980. The fourth-order valence-electron chi connectivity index (χ4n) is 5.08. The van der Waals surface area contributed by atoms with E-state index in [1.165, 1.54) is 0 Å². The Hall–Kier alpha value is -6.28. The van der Waals surface area contributed by atoms with E-state index in [0.29, 0.717) is 22.8 Å². The number of methoxy groups -OCH3 is 2. The molecule has 0 N–H and O–H groups in total. The van der Waals surface area contributed by atoms with Crippen LogP contribution >= 0.6 is 0 Å². The summed E-state index contributed by atoms with van der Waals surface area (Å²) < 4.78 is 10.6. The minimum absolute atomic E-state index is 0.685. The number of hydrogen-bond donors (Lipinski definition) is 0. The van der Waals surface area contributed by atoms with E-state index in [1.807, 2.05) is 127 Å². The topological polar surface area (TPSA) is 95.8 Å². The lowest BCUT2D eigenvalue weighted by atomic mass is 10.1. The molecular formula is C38H28N6O2. The number of ether oxygens (including phenoxy) is 2. The third-order valence-electron chi connectivity index (χ3n) is 7.48. The van der Waals surface area contributed by atoms with Gasteiger partial charge in [-0.3, -0.25) is 0 Å². The van der Waals surface area contributed by atoms with Crippen molar-refractivity contribution in [3.8, 4) is 79.6 Å². The Kier molecular flexibility index (Phi) is 7.90. The van der Waals surface area contributed by atoms with E-state index in [-0.39, 0.29) is 0 Å². The third-order valence-corrected chi connectivity index (χ3v) is 7.48. The lowest BCUT2D eigenvalue weighted by molar-refractivity contribution is 0.415. The van der Waals surface area contributed by atoms with Crippen LogP contribution in [0, 0.1) is 0 Å². The van der Waals surface area contributed by atoms with Crippen LogP contribution < -0.4 is 9.47 Å². The molecule has 0 bridgehead atoms. The van der Waals surface area contributed by atoms with Crippen LogP contribution in [0.5, 0.6) is 11.5 Å². The molecular weight excluding hydrogens is 572 g/mol. The Morgan fingerprint density at radius 2 is 0.652 bits per heavy atom. The summed E-state index contributed by atoms with van der Waals surface area (Å²) >= 11 is 0. The van der Waals surface area contributed by atoms with Crippen LogP contribution in [0.25, 0.3) is 68.1 Å². The molecule has 46 heavy (non-hydrogen) atoms. The predicted octanol–water partition coefficient (Wildman–Crippen LogP) is 8.08. The molecule has 5 aromatic heterocycles. The molecule has 0 unspecified atom stereocenters. The van der Waals surface area contributed by atoms with Gasteiger partial charge in [0, 0.05) is 11.1 Å². The first kappa shape index (κ1) is 28.5. The van der Waals surface area contributed by atoms with Crippen molar-refractivity contribution in [3.63, 3.8) is 0 Å². The maximum atomic E-state index is 5.29. The summed E-state index contributed by atoms with van der Waals surface area (Å²) in [6.45, 7) is 0. The minimum atomic E-state index is 0.685. The lowest BCUT2D eigenvalue weighted by Gasteiger charge is -2.09. The van der Waals surface area contributed by atoms with Crippen LogP contribution in [0.15, 0.2) is 134 Å². The third kappa shape index (κ3) is 6.05. The molecule has 2 aromatic carbocycles. The molecule has 0 radical (unpaired) electrons. The Balaban J connectivity index is 1.16. The fraction of sp³-hybridized carbons (Fsp3) is 0.0526. The predicted molar refractivity (Wildman–Crippen MR) is 179 cm³/mol. The van der Waals surface area contributed by atoms with Crippen molar-refractivity contribution < 1.29 is 9.47 Å². The van der Waals surface area contributed by atoms with Crippen molar-refractivity contribution in [2.45, 2.75) is 0 Å². The summed E-state index contributed by atoms with van der Waals surface area (Å²) in [5.41, 5.74) is 9.52. The molecule has 8 heteroatoms. The van der Waals surface area contributed by atoms with Gasteiger partial charge in [0.2, 0.25) is 0 Å². The average Bonchev–Trinajstić information content (AvgIpc) is 3.15. The second-order valence-corrected chi connectivity index (χ2v) is 10.4. The van der Waals surface area contributed by atoms with Gasteiger partial charge in [-0.15, -0.1) is 0 Å². The summed E-state index contributed by atoms with van der Waals surface area (Å²) in [5.74, 6) is 1.60. The highest BCUT2D eigenvalue weighted by molar-refractivity contribution is 5.70. The molecule has 0 spiro atoms. The monoisotopic (exact) mass is 600 g/mol. The van der Waals surface area contributed by atoms with Gasteiger partial charge in [0.15, 0.2) is 0 Å². The maximum Gasteiger partial charge on any atom is 0.118 e. The van der Waals surface area contributed by atoms with Gasteiger partial charge in [0.25, 0.3) is 0 Å². The molecule has 0 fully saturated rings. The van der Waals surface area contributed by atoms with E-state index < -0.39 is 0 Å². The van der Waals surface area contributed by atoms with Crippen LogP contribution in [0.4, 0.5) is 0 Å². The van der Waals surface area contributed by atoms with E-state index in [0.717, 1.165) is 56.8 Å². The summed E-state index contributed by atoms with van der Waals surface area (Å²) in [7, 11) is 3.31. The average molecular weight is 601 g/mol. The summed E-state index contributed by atoms with van der Waals surface area (Å²) in [6, 6.07) is 41.1. The summed E-state index contributed by atoms with van der Waals surface area (Å²) in [6.07, 6.45) is 1.54. The van der Waals surface area contributed by atoms with Gasteiger partial charge in [-0.2, -0.15) is 0 Å². The van der Waals surface area contributed by atoms with Gasteiger partial charge in [-0.05, 0) is 103 Å². The highest BCUT2D eigenvalue weighted by Crippen LogP contribution is 2.28. The number of hydrogen-bond acceptors (Lipinski definition) is 8. The van der Waals surface area contributed by atoms with Gasteiger partial charge in [-0.25, -0.2) is 29.9 Å². The van der Waals surface area contributed by atoms with Crippen molar-refractivity contribution in [2.75, 3.05) is 14.2 Å². The number of nitrogens with zero attached hydrogens (tertiary/aromatic N) is 6. The largest absolute Gasteiger partial charge is 0.497 e. The SMILES string of the molecule is COc1ccc(-c2cccc(-c3cccc(-c4cc(-c5cccc(-c6cccc(-c7ccc(OC)cc7)n6)n5)ncn4)n3)n2)cc1. The van der Waals surface area contributed by atoms with Gasteiger partial charge in [-0.1, -0.05) is 24.3 Å². The van der Waals surface area contributed by atoms with E-state index in [4.69, 9.17) is 29.4 Å². The normalized spacial score (nSPS) is 10.8. The van der Waals surface area contributed by atoms with Gasteiger partial charge < -0.3 is 9.47 Å². The Morgan fingerprint density at radius 3 is 1.00 bits per heavy atom. The zero-order valence-corrected chi connectivity index (χ0v) is 25.2. The molecule has 0 aliphatic carbocycles. The maximum absolute atomic E-state index is 5.29. The van der Waals surface area contributed by atoms with Crippen LogP contribution in [0.2, 0.25) is 0 Å². The van der Waals surface area contributed by atoms with Crippen LogP contribution in [0.3, 0.4) is 0 Å². The molecule has 222 valence electrons. The van der Waals surface area contributed by atoms with Gasteiger partial charge >= 0.3 is 0 Å². The van der Waals surface area contributed by atoms with E-state index in [9.17, 15) is 0 Å². The van der Waals surface area contributed by atoms with Crippen molar-refractivity contribution in [2.24, 2.45) is 0 Å². The van der Waals surface area contributed by atoms with Crippen LogP contribution in [-0.2, 0) is 0 Å². The highest BCUT2D eigenvalue weighted by atomic mass is 16.5. The molecule has 7 aromatic rings. The molecule has 0 aliphatic rings. The molecule has 5 heterocycles. The zero-order chi connectivity index (χ0) is 31.3. The van der Waals surface area contributed by atoms with Crippen LogP contribution in [-0.4, -0.2) is 44.1 Å². The zero-order valence-electron chi connectivity index (χ0n) is 25.2. The van der Waals surface area contributed by atoms with E-state index in [2.05, 4.69) is 9.97 Å². The van der Waals surface area contributed by atoms with Crippen LogP contribution in [0.1, 0.15) is 0 Å².